The summed E-state index contributed by atoms with van der Waals surface area (Å²) in [6, 6.07) is 13.4. The Morgan fingerprint density at radius 1 is 0.922 bits per heavy atom. The predicted octanol–water partition coefficient (Wildman–Crippen LogP) is 9.30. The standard InChI is InChI=1S/C38H49FN6O4SSi/c1-38(2,3)49-37(47)45-23-27(50-4)20-33(45)35-41-22-31(43-35)26-14-15-28(29(39)19-26)24-10-12-25(13-11-24)30-21-40-34(42-30)32-9-8-16-44(32)36(46)48-17-18-51(5,6)7/h10-15,19,21-22,27,32-33H,8-9,16-18,20,23H2,1-7H3,(H,40,42)(H,41,43). The second-order valence-corrected chi connectivity index (χ2v) is 22.4. The lowest BCUT2D eigenvalue weighted by Gasteiger charge is -2.27. The Hall–Kier alpha value is -4.10. The summed E-state index contributed by atoms with van der Waals surface area (Å²) < 4.78 is 26.9. The minimum atomic E-state index is -1.29. The van der Waals surface area contributed by atoms with E-state index in [1.54, 1.807) is 40.0 Å². The molecule has 3 unspecified atom stereocenters. The lowest BCUT2D eigenvalue weighted by Crippen LogP contribution is -2.37. The summed E-state index contributed by atoms with van der Waals surface area (Å²) >= 11 is 1.72. The van der Waals surface area contributed by atoms with E-state index in [0.29, 0.717) is 42.3 Å². The monoisotopic (exact) mass is 732 g/mol. The maximum absolute atomic E-state index is 15.6. The zero-order valence-electron chi connectivity index (χ0n) is 30.6. The average molecular weight is 733 g/mol. The van der Waals surface area contributed by atoms with Gasteiger partial charge in [0.25, 0.3) is 0 Å². The number of imidazole rings is 2. The first-order valence-corrected chi connectivity index (χ1v) is 22.6. The number of nitrogens with one attached hydrogen (secondary N) is 2. The zero-order chi connectivity index (χ0) is 36.5. The molecule has 0 radical (unpaired) electrons. The number of halogens is 1. The normalized spacial score (nSPS) is 19.5. The van der Waals surface area contributed by atoms with Crippen LogP contribution in [0.2, 0.25) is 25.7 Å². The van der Waals surface area contributed by atoms with Crippen molar-refractivity contribution in [1.82, 2.24) is 29.7 Å². The van der Waals surface area contributed by atoms with Gasteiger partial charge in [-0.2, -0.15) is 11.8 Å². The molecule has 4 heterocycles. The number of hydrogen-bond donors (Lipinski definition) is 2. The molecule has 2 amide bonds. The molecule has 4 aromatic rings. The number of likely N-dealkylation sites (tertiary alicyclic amines) is 2. The SMILES string of the molecule is CSC1CC(c2ncc(-c3ccc(-c4ccc(-c5cnc(C6CCCN6C(=O)OCC[Si](C)(C)C)[nH]5)cc4)c(F)c3)[nH]2)N(C(=O)OC(C)(C)C)C1. The number of aromatic nitrogens is 4. The smallest absolute Gasteiger partial charge is 0.410 e. The highest BCUT2D eigenvalue weighted by atomic mass is 32.2. The Balaban J connectivity index is 1.12. The largest absolute Gasteiger partial charge is 0.450 e. The van der Waals surface area contributed by atoms with Crippen molar-refractivity contribution < 1.29 is 23.5 Å². The van der Waals surface area contributed by atoms with Gasteiger partial charge in [-0.25, -0.2) is 23.9 Å². The molecule has 10 nitrogen and oxygen atoms in total. The third-order valence-electron chi connectivity index (χ3n) is 9.40. The number of H-pyrrole nitrogens is 2. The number of nitrogens with zero attached hydrogens (tertiary/aromatic N) is 4. The fourth-order valence-electron chi connectivity index (χ4n) is 6.60. The lowest BCUT2D eigenvalue weighted by atomic mass is 10.0. The van der Waals surface area contributed by atoms with Gasteiger partial charge in [0, 0.05) is 37.5 Å². The van der Waals surface area contributed by atoms with E-state index in [1.165, 1.54) is 6.07 Å². The molecule has 6 rings (SSSR count). The Morgan fingerprint density at radius 3 is 2.18 bits per heavy atom. The highest BCUT2D eigenvalue weighted by Gasteiger charge is 2.40. The summed E-state index contributed by atoms with van der Waals surface area (Å²) in [4.78, 5) is 45.4. The summed E-state index contributed by atoms with van der Waals surface area (Å²) in [5, 5.41) is 0.271. The van der Waals surface area contributed by atoms with E-state index in [1.807, 2.05) is 57.4 Å². The number of rotatable bonds is 9. The molecule has 0 aliphatic carbocycles. The quantitative estimate of drug-likeness (QED) is 0.165. The van der Waals surface area contributed by atoms with Gasteiger partial charge in [0.1, 0.15) is 23.1 Å². The average Bonchev–Trinajstić information content (AvgIpc) is 3.89. The van der Waals surface area contributed by atoms with Crippen molar-refractivity contribution in [3.63, 3.8) is 0 Å². The summed E-state index contributed by atoms with van der Waals surface area (Å²) in [6.07, 6.45) is 7.36. The highest BCUT2D eigenvalue weighted by molar-refractivity contribution is 7.99. The summed E-state index contributed by atoms with van der Waals surface area (Å²) in [7, 11) is -1.29. The molecule has 0 spiro atoms. The fraction of sp³-hybridized carbons (Fsp3) is 0.474. The van der Waals surface area contributed by atoms with Crippen molar-refractivity contribution in [2.24, 2.45) is 0 Å². The second kappa shape index (κ2) is 14.9. The number of ether oxygens (including phenoxy) is 2. The van der Waals surface area contributed by atoms with Crippen LogP contribution in [0.1, 0.15) is 63.8 Å². The molecule has 0 bridgehead atoms. The van der Waals surface area contributed by atoms with Gasteiger partial charge >= 0.3 is 12.2 Å². The molecule has 2 saturated heterocycles. The topological polar surface area (TPSA) is 116 Å². The Labute approximate surface area is 304 Å². The predicted molar refractivity (Wildman–Crippen MR) is 203 cm³/mol. The van der Waals surface area contributed by atoms with Gasteiger partial charge in [-0.05, 0) is 69.5 Å². The summed E-state index contributed by atoms with van der Waals surface area (Å²) in [5.41, 5.74) is 3.73. The molecule has 2 aromatic carbocycles. The number of aromatic amines is 2. The maximum atomic E-state index is 15.6. The molecular weight excluding hydrogens is 684 g/mol. The van der Waals surface area contributed by atoms with E-state index in [0.717, 1.165) is 48.0 Å². The molecule has 3 atom stereocenters. The Bertz CT molecular complexity index is 1850. The number of thioether (sulfide) groups is 1. The van der Waals surface area contributed by atoms with Crippen LogP contribution in [0, 0.1) is 5.82 Å². The van der Waals surface area contributed by atoms with E-state index < -0.39 is 13.7 Å². The third kappa shape index (κ3) is 8.69. The molecule has 51 heavy (non-hydrogen) atoms. The van der Waals surface area contributed by atoms with E-state index >= 15 is 4.39 Å². The fourth-order valence-corrected chi connectivity index (χ4v) is 8.00. The summed E-state index contributed by atoms with van der Waals surface area (Å²) in [5.74, 6) is 1.05. The molecule has 2 fully saturated rings. The molecule has 2 aliphatic rings. The first-order valence-electron chi connectivity index (χ1n) is 17.7. The first kappa shape index (κ1) is 36.7. The minimum Gasteiger partial charge on any atom is -0.450 e. The number of amides is 2. The number of hydrogen-bond acceptors (Lipinski definition) is 7. The van der Waals surface area contributed by atoms with Gasteiger partial charge in [0.15, 0.2) is 0 Å². The molecule has 13 heteroatoms. The van der Waals surface area contributed by atoms with Crippen LogP contribution in [-0.2, 0) is 9.47 Å². The van der Waals surface area contributed by atoms with Gasteiger partial charge in [0.2, 0.25) is 0 Å². The van der Waals surface area contributed by atoms with Crippen molar-refractivity contribution in [3.8, 4) is 33.6 Å². The van der Waals surface area contributed by atoms with E-state index in [4.69, 9.17) is 9.47 Å². The van der Waals surface area contributed by atoms with Crippen molar-refractivity contribution in [2.75, 3.05) is 26.0 Å². The molecule has 0 saturated carbocycles. The summed E-state index contributed by atoms with van der Waals surface area (Å²) in [6.45, 7) is 14.1. The molecule has 2 N–H and O–H groups in total. The van der Waals surface area contributed by atoms with Gasteiger partial charge in [0.05, 0.1) is 42.5 Å². The van der Waals surface area contributed by atoms with Crippen molar-refractivity contribution in [3.05, 3.63) is 72.3 Å². The van der Waals surface area contributed by atoms with Gasteiger partial charge in [-0.3, -0.25) is 9.80 Å². The van der Waals surface area contributed by atoms with Crippen LogP contribution < -0.4 is 0 Å². The van der Waals surface area contributed by atoms with Crippen LogP contribution in [0.3, 0.4) is 0 Å². The Kier molecular flexibility index (Phi) is 10.7. The van der Waals surface area contributed by atoms with E-state index in [9.17, 15) is 9.59 Å². The van der Waals surface area contributed by atoms with Crippen molar-refractivity contribution >= 4 is 32.0 Å². The number of benzene rings is 2. The Morgan fingerprint density at radius 2 is 1.55 bits per heavy atom. The van der Waals surface area contributed by atoms with E-state index in [-0.39, 0.29) is 35.3 Å². The highest BCUT2D eigenvalue weighted by Crippen LogP contribution is 2.38. The van der Waals surface area contributed by atoms with Gasteiger partial charge in [-0.15, -0.1) is 0 Å². The minimum absolute atomic E-state index is 0.148. The lowest BCUT2D eigenvalue weighted by molar-refractivity contribution is 0.0219. The maximum Gasteiger partial charge on any atom is 0.410 e. The van der Waals surface area contributed by atoms with Crippen molar-refractivity contribution in [2.45, 2.75) is 88.7 Å². The molecular formula is C38H49FN6O4SSi. The third-order valence-corrected chi connectivity index (χ3v) is 12.1. The van der Waals surface area contributed by atoms with Gasteiger partial charge < -0.3 is 19.4 Å². The van der Waals surface area contributed by atoms with Crippen LogP contribution in [-0.4, -0.2) is 86.8 Å². The molecule has 272 valence electrons. The zero-order valence-corrected chi connectivity index (χ0v) is 32.4. The molecule has 2 aliphatic heterocycles. The van der Waals surface area contributed by atoms with E-state index in [2.05, 4.69) is 39.6 Å². The molecule has 2 aromatic heterocycles. The number of carbonyl (C=O) groups excluding carboxylic acids is 2. The van der Waals surface area contributed by atoms with Crippen LogP contribution >= 0.6 is 11.8 Å². The van der Waals surface area contributed by atoms with Crippen LogP contribution in [0.15, 0.2) is 54.9 Å². The van der Waals surface area contributed by atoms with Crippen LogP contribution in [0.5, 0.6) is 0 Å². The van der Waals surface area contributed by atoms with Crippen molar-refractivity contribution in [1.29, 1.82) is 0 Å². The van der Waals surface area contributed by atoms with Gasteiger partial charge in [-0.1, -0.05) is 56.0 Å². The van der Waals surface area contributed by atoms with Crippen LogP contribution in [0.4, 0.5) is 14.0 Å². The second-order valence-electron chi connectivity index (χ2n) is 15.7. The number of carbonyl (C=O) groups is 2. The van der Waals surface area contributed by atoms with Crippen LogP contribution in [0.25, 0.3) is 33.6 Å². The first-order chi connectivity index (χ1) is 24.2.